The highest BCUT2D eigenvalue weighted by atomic mass is 79.9. The molecule has 94 valence electrons. The standard InChI is InChI=1S/C16H12BrNO/c1-11-5-4-8-15(18-11)19-14-10-9-12-6-2-3-7-13(12)16(14)17/h2-10H,1H3. The Balaban J connectivity index is 2.04. The maximum atomic E-state index is 5.84. The summed E-state index contributed by atoms with van der Waals surface area (Å²) in [6, 6.07) is 17.9. The zero-order valence-corrected chi connectivity index (χ0v) is 12.0. The topological polar surface area (TPSA) is 22.1 Å². The van der Waals surface area contributed by atoms with Gasteiger partial charge in [-0.15, -0.1) is 0 Å². The Morgan fingerprint density at radius 2 is 1.79 bits per heavy atom. The van der Waals surface area contributed by atoms with E-state index in [2.05, 4.69) is 33.0 Å². The monoisotopic (exact) mass is 313 g/mol. The van der Waals surface area contributed by atoms with Crippen molar-refractivity contribution in [3.63, 3.8) is 0 Å². The van der Waals surface area contributed by atoms with Gasteiger partial charge >= 0.3 is 0 Å². The summed E-state index contributed by atoms with van der Waals surface area (Å²) in [5.41, 5.74) is 0.939. The van der Waals surface area contributed by atoms with Crippen LogP contribution >= 0.6 is 15.9 Å². The van der Waals surface area contributed by atoms with E-state index in [1.54, 1.807) is 0 Å². The average molecular weight is 314 g/mol. The molecular weight excluding hydrogens is 302 g/mol. The van der Waals surface area contributed by atoms with Gasteiger partial charge in [-0.1, -0.05) is 36.4 Å². The second-order valence-corrected chi connectivity index (χ2v) is 5.11. The van der Waals surface area contributed by atoms with Crippen LogP contribution in [-0.2, 0) is 0 Å². The van der Waals surface area contributed by atoms with Gasteiger partial charge in [-0.3, -0.25) is 0 Å². The predicted molar refractivity (Wildman–Crippen MR) is 80.7 cm³/mol. The van der Waals surface area contributed by atoms with E-state index < -0.39 is 0 Å². The number of benzene rings is 2. The molecule has 2 nitrogen and oxygen atoms in total. The van der Waals surface area contributed by atoms with Gasteiger partial charge in [-0.25, -0.2) is 4.98 Å². The highest BCUT2D eigenvalue weighted by molar-refractivity contribution is 9.10. The quantitative estimate of drug-likeness (QED) is 0.656. The molecule has 0 aliphatic rings. The molecule has 0 spiro atoms. The summed E-state index contributed by atoms with van der Waals surface area (Å²) in [5.74, 6) is 1.38. The highest BCUT2D eigenvalue weighted by Crippen LogP contribution is 2.35. The zero-order valence-electron chi connectivity index (χ0n) is 10.4. The molecule has 0 saturated carbocycles. The van der Waals surface area contributed by atoms with E-state index in [4.69, 9.17) is 4.74 Å². The van der Waals surface area contributed by atoms with Crippen molar-refractivity contribution >= 4 is 26.7 Å². The highest BCUT2D eigenvalue weighted by Gasteiger charge is 2.07. The van der Waals surface area contributed by atoms with Crippen LogP contribution in [0.5, 0.6) is 11.6 Å². The minimum Gasteiger partial charge on any atom is -0.438 e. The van der Waals surface area contributed by atoms with Crippen LogP contribution in [0, 0.1) is 6.92 Å². The number of pyridine rings is 1. The molecule has 2 aromatic carbocycles. The summed E-state index contributed by atoms with van der Waals surface area (Å²) < 4.78 is 6.79. The Morgan fingerprint density at radius 1 is 0.947 bits per heavy atom. The maximum absolute atomic E-state index is 5.84. The first-order valence-electron chi connectivity index (χ1n) is 6.03. The van der Waals surface area contributed by atoms with Crippen molar-refractivity contribution in [2.75, 3.05) is 0 Å². The van der Waals surface area contributed by atoms with Gasteiger partial charge in [-0.2, -0.15) is 0 Å². The summed E-state index contributed by atoms with van der Waals surface area (Å²) in [6.07, 6.45) is 0. The molecule has 1 heterocycles. The molecule has 0 atom stereocenters. The van der Waals surface area contributed by atoms with Crippen molar-refractivity contribution in [3.8, 4) is 11.6 Å². The molecule has 3 aromatic rings. The molecule has 0 aliphatic carbocycles. The van der Waals surface area contributed by atoms with Gasteiger partial charge in [0, 0.05) is 11.8 Å². The molecule has 0 radical (unpaired) electrons. The summed E-state index contributed by atoms with van der Waals surface area (Å²) in [7, 11) is 0. The van der Waals surface area contributed by atoms with Gasteiger partial charge in [0.05, 0.1) is 4.47 Å². The number of rotatable bonds is 2. The summed E-state index contributed by atoms with van der Waals surface area (Å²) in [4.78, 5) is 4.35. The van der Waals surface area contributed by atoms with Crippen molar-refractivity contribution in [2.24, 2.45) is 0 Å². The maximum Gasteiger partial charge on any atom is 0.219 e. The van der Waals surface area contributed by atoms with Crippen LogP contribution in [0.1, 0.15) is 5.69 Å². The number of aryl methyl sites for hydroxylation is 1. The average Bonchev–Trinajstić information content (AvgIpc) is 2.42. The number of halogens is 1. The van der Waals surface area contributed by atoms with Crippen molar-refractivity contribution in [2.45, 2.75) is 6.92 Å². The number of aromatic nitrogens is 1. The van der Waals surface area contributed by atoms with Crippen LogP contribution in [0.2, 0.25) is 0 Å². The Labute approximate surface area is 120 Å². The van der Waals surface area contributed by atoms with Gasteiger partial charge in [0.25, 0.3) is 0 Å². The third-order valence-corrected chi connectivity index (χ3v) is 3.72. The number of fused-ring (bicyclic) bond motifs is 1. The first-order chi connectivity index (χ1) is 9.24. The van der Waals surface area contributed by atoms with E-state index in [0.29, 0.717) is 5.88 Å². The number of nitrogens with zero attached hydrogens (tertiary/aromatic N) is 1. The molecule has 0 unspecified atom stereocenters. The third-order valence-electron chi connectivity index (χ3n) is 2.91. The second kappa shape index (κ2) is 5.02. The summed E-state index contributed by atoms with van der Waals surface area (Å²) in [5, 5.41) is 2.31. The van der Waals surface area contributed by atoms with E-state index in [1.165, 1.54) is 5.39 Å². The van der Waals surface area contributed by atoms with E-state index >= 15 is 0 Å². The first-order valence-corrected chi connectivity index (χ1v) is 6.82. The van der Waals surface area contributed by atoms with Gasteiger partial charge < -0.3 is 4.74 Å². The van der Waals surface area contributed by atoms with Crippen LogP contribution in [-0.4, -0.2) is 4.98 Å². The lowest BCUT2D eigenvalue weighted by Crippen LogP contribution is -1.90. The van der Waals surface area contributed by atoms with Gasteiger partial charge in [-0.05, 0) is 45.8 Å². The van der Waals surface area contributed by atoms with E-state index in [9.17, 15) is 0 Å². The minimum absolute atomic E-state index is 0.607. The van der Waals surface area contributed by atoms with Crippen molar-refractivity contribution < 1.29 is 4.74 Å². The van der Waals surface area contributed by atoms with Gasteiger partial charge in [0.1, 0.15) is 5.75 Å². The molecule has 0 fully saturated rings. The molecule has 0 bridgehead atoms. The first kappa shape index (κ1) is 12.2. The fourth-order valence-electron chi connectivity index (χ4n) is 1.98. The molecule has 1 aromatic heterocycles. The number of hydrogen-bond donors (Lipinski definition) is 0. The predicted octanol–water partition coefficient (Wildman–Crippen LogP) is 5.10. The molecule has 0 aliphatic heterocycles. The Morgan fingerprint density at radius 3 is 2.63 bits per heavy atom. The lowest BCUT2D eigenvalue weighted by Gasteiger charge is -2.09. The zero-order chi connectivity index (χ0) is 13.2. The summed E-state index contributed by atoms with van der Waals surface area (Å²) >= 11 is 3.61. The van der Waals surface area contributed by atoms with Crippen molar-refractivity contribution in [1.29, 1.82) is 0 Å². The fourth-order valence-corrected chi connectivity index (χ4v) is 2.55. The van der Waals surface area contributed by atoms with Crippen LogP contribution in [0.15, 0.2) is 59.1 Å². The molecule has 0 N–H and O–H groups in total. The summed E-state index contributed by atoms with van der Waals surface area (Å²) in [6.45, 7) is 1.95. The SMILES string of the molecule is Cc1cccc(Oc2ccc3ccccc3c2Br)n1. The number of hydrogen-bond acceptors (Lipinski definition) is 2. The van der Waals surface area contributed by atoms with Gasteiger partial charge in [0.15, 0.2) is 0 Å². The van der Waals surface area contributed by atoms with E-state index in [-0.39, 0.29) is 0 Å². The van der Waals surface area contributed by atoms with Crippen LogP contribution < -0.4 is 4.74 Å². The van der Waals surface area contributed by atoms with Crippen LogP contribution in [0.4, 0.5) is 0 Å². The Hall–Kier alpha value is -1.87. The smallest absolute Gasteiger partial charge is 0.219 e. The lowest BCUT2D eigenvalue weighted by molar-refractivity contribution is 0.460. The fraction of sp³-hybridized carbons (Fsp3) is 0.0625. The minimum atomic E-state index is 0.607. The Bertz CT molecular complexity index is 740. The molecular formula is C16H12BrNO. The normalized spacial score (nSPS) is 10.6. The molecule has 0 saturated heterocycles. The molecule has 19 heavy (non-hydrogen) atoms. The molecule has 3 heteroatoms. The van der Waals surface area contributed by atoms with E-state index in [1.807, 2.05) is 49.4 Å². The van der Waals surface area contributed by atoms with Crippen LogP contribution in [0.3, 0.4) is 0 Å². The number of ether oxygens (including phenoxy) is 1. The van der Waals surface area contributed by atoms with Crippen molar-refractivity contribution in [1.82, 2.24) is 4.98 Å². The molecule has 0 amide bonds. The van der Waals surface area contributed by atoms with Crippen molar-refractivity contribution in [3.05, 3.63) is 64.8 Å². The lowest BCUT2D eigenvalue weighted by atomic mass is 10.1. The largest absolute Gasteiger partial charge is 0.438 e. The van der Waals surface area contributed by atoms with Gasteiger partial charge in [0.2, 0.25) is 5.88 Å². The Kier molecular flexibility index (Phi) is 3.22. The van der Waals surface area contributed by atoms with Crippen LogP contribution in [0.25, 0.3) is 10.8 Å². The van der Waals surface area contributed by atoms with E-state index in [0.717, 1.165) is 21.3 Å². The third kappa shape index (κ3) is 2.47. The molecule has 3 rings (SSSR count). The second-order valence-electron chi connectivity index (χ2n) is 4.32.